The minimum Gasteiger partial charge on any atom is -0.238 e. The lowest BCUT2D eigenvalue weighted by atomic mass is 10.0. The standard InChI is InChI=1S/C11H13N.C10H14.C9H10N4/c1-9(2)7-10-5-4-6-11(8-10)12-3;1-9(2)8-10-6-4-3-5-7-10;1-2-7-3-5-8(6-4-7)9-10-12-13-11-9/h4-6,8-9H,7H2,1-2H3;3-7,9H,8H2,1-2H3;3-6H,2H2,1H3,(H,10,11,12,13). The van der Waals surface area contributed by atoms with Crippen LogP contribution in [-0.4, -0.2) is 20.6 Å². The van der Waals surface area contributed by atoms with Crippen molar-refractivity contribution in [1.29, 1.82) is 0 Å². The van der Waals surface area contributed by atoms with Crippen LogP contribution in [0.3, 0.4) is 0 Å². The van der Waals surface area contributed by atoms with Crippen LogP contribution in [0.2, 0.25) is 0 Å². The van der Waals surface area contributed by atoms with E-state index in [9.17, 15) is 0 Å². The van der Waals surface area contributed by atoms with Gasteiger partial charge < -0.3 is 0 Å². The number of aryl methyl sites for hydroxylation is 1. The lowest BCUT2D eigenvalue weighted by Crippen LogP contribution is -1.92. The quantitative estimate of drug-likeness (QED) is 0.295. The first kappa shape index (κ1) is 27.5. The zero-order chi connectivity index (χ0) is 25.5. The number of nitrogens with zero attached hydrogens (tertiary/aromatic N) is 4. The summed E-state index contributed by atoms with van der Waals surface area (Å²) in [5, 5.41) is 13.7. The summed E-state index contributed by atoms with van der Waals surface area (Å²) in [6.07, 6.45) is 3.30. The summed E-state index contributed by atoms with van der Waals surface area (Å²) in [5.41, 5.74) is 5.75. The van der Waals surface area contributed by atoms with E-state index in [2.05, 4.69) is 109 Å². The van der Waals surface area contributed by atoms with Gasteiger partial charge in [0.25, 0.3) is 0 Å². The second-order valence-corrected chi connectivity index (χ2v) is 9.25. The van der Waals surface area contributed by atoms with Crippen LogP contribution in [0, 0.1) is 18.4 Å². The topological polar surface area (TPSA) is 58.8 Å². The summed E-state index contributed by atoms with van der Waals surface area (Å²) in [5.74, 6) is 2.07. The first-order valence-electron chi connectivity index (χ1n) is 12.2. The predicted octanol–water partition coefficient (Wildman–Crippen LogP) is 7.75. The highest BCUT2D eigenvalue weighted by atomic mass is 15.5. The van der Waals surface area contributed by atoms with Gasteiger partial charge >= 0.3 is 0 Å². The average Bonchev–Trinajstić information content (AvgIpc) is 3.40. The third-order valence-electron chi connectivity index (χ3n) is 5.14. The SMILES string of the molecule is CC(C)Cc1ccccc1.CCc1ccc(-c2nn[nH]n2)cc1.[C-]#[N+]c1cccc(CC(C)C)c1. The first-order valence-corrected chi connectivity index (χ1v) is 12.2. The third kappa shape index (κ3) is 10.8. The molecule has 1 heterocycles. The Bertz CT molecular complexity index is 1130. The van der Waals surface area contributed by atoms with Crippen molar-refractivity contribution in [3.05, 3.63) is 107 Å². The Morgan fingerprint density at radius 1 is 0.771 bits per heavy atom. The number of rotatable bonds is 6. The summed E-state index contributed by atoms with van der Waals surface area (Å²) in [7, 11) is 0. The van der Waals surface area contributed by atoms with E-state index < -0.39 is 0 Å². The van der Waals surface area contributed by atoms with Gasteiger partial charge in [0.15, 0.2) is 5.69 Å². The van der Waals surface area contributed by atoms with Gasteiger partial charge in [0.05, 0.1) is 6.57 Å². The molecule has 0 bridgehead atoms. The van der Waals surface area contributed by atoms with Gasteiger partial charge in [0, 0.05) is 5.56 Å². The van der Waals surface area contributed by atoms with Gasteiger partial charge in [0.2, 0.25) is 5.82 Å². The molecule has 1 N–H and O–H groups in total. The number of H-pyrrole nitrogens is 1. The van der Waals surface area contributed by atoms with Gasteiger partial charge in [-0.25, -0.2) is 4.85 Å². The zero-order valence-corrected chi connectivity index (χ0v) is 21.6. The Balaban J connectivity index is 0.000000187. The van der Waals surface area contributed by atoms with Gasteiger partial charge in [-0.3, -0.25) is 0 Å². The maximum atomic E-state index is 6.85. The Morgan fingerprint density at radius 3 is 1.94 bits per heavy atom. The lowest BCUT2D eigenvalue weighted by Gasteiger charge is -2.04. The molecule has 0 spiro atoms. The molecule has 0 aliphatic heterocycles. The fourth-order valence-electron chi connectivity index (χ4n) is 3.48. The van der Waals surface area contributed by atoms with Crippen molar-refractivity contribution >= 4 is 5.69 Å². The van der Waals surface area contributed by atoms with Crippen LogP contribution in [0.25, 0.3) is 16.2 Å². The summed E-state index contributed by atoms with van der Waals surface area (Å²) < 4.78 is 0. The highest BCUT2D eigenvalue weighted by Crippen LogP contribution is 2.16. The molecule has 0 aliphatic carbocycles. The Kier molecular flexibility index (Phi) is 11.9. The zero-order valence-electron chi connectivity index (χ0n) is 21.6. The lowest BCUT2D eigenvalue weighted by molar-refractivity contribution is 0.647. The minimum atomic E-state index is 0.641. The van der Waals surface area contributed by atoms with Crippen molar-refractivity contribution in [1.82, 2.24) is 20.6 Å². The first-order chi connectivity index (χ1) is 16.9. The van der Waals surface area contributed by atoms with Crippen molar-refractivity contribution in [3.8, 4) is 11.4 Å². The van der Waals surface area contributed by atoms with Gasteiger partial charge in [-0.2, -0.15) is 5.21 Å². The summed E-state index contributed by atoms with van der Waals surface area (Å²) in [6, 6.07) is 26.6. The van der Waals surface area contributed by atoms with Crippen LogP contribution in [0.5, 0.6) is 0 Å². The van der Waals surface area contributed by atoms with Crippen LogP contribution < -0.4 is 0 Å². The molecule has 1 aromatic heterocycles. The van der Waals surface area contributed by atoms with Crippen LogP contribution in [0.4, 0.5) is 5.69 Å². The molecule has 0 saturated carbocycles. The van der Waals surface area contributed by atoms with Crippen LogP contribution in [0.1, 0.15) is 51.3 Å². The molecule has 0 radical (unpaired) electrons. The van der Waals surface area contributed by atoms with Gasteiger partial charge in [-0.1, -0.05) is 119 Å². The molecule has 35 heavy (non-hydrogen) atoms. The van der Waals surface area contributed by atoms with Crippen molar-refractivity contribution in [2.45, 2.75) is 53.9 Å². The molecule has 0 unspecified atom stereocenters. The molecule has 4 aromatic rings. The smallest absolute Gasteiger partial charge is 0.204 e. The van der Waals surface area contributed by atoms with Crippen molar-refractivity contribution < 1.29 is 0 Å². The van der Waals surface area contributed by atoms with Gasteiger partial charge in [0.1, 0.15) is 0 Å². The normalized spacial score (nSPS) is 10.1. The molecule has 0 amide bonds. The van der Waals surface area contributed by atoms with Crippen molar-refractivity contribution in [2.75, 3.05) is 0 Å². The summed E-state index contributed by atoms with van der Waals surface area (Å²) in [4.78, 5) is 3.39. The van der Waals surface area contributed by atoms with E-state index in [1.54, 1.807) is 0 Å². The molecule has 182 valence electrons. The predicted molar refractivity (Wildman–Crippen MR) is 145 cm³/mol. The molecule has 4 rings (SSSR count). The molecule has 3 aromatic carbocycles. The van der Waals surface area contributed by atoms with E-state index in [0.717, 1.165) is 30.0 Å². The number of hydrogen-bond acceptors (Lipinski definition) is 3. The fourth-order valence-corrected chi connectivity index (χ4v) is 3.48. The molecular weight excluding hydrogens is 430 g/mol. The average molecular weight is 468 g/mol. The number of aromatic amines is 1. The largest absolute Gasteiger partial charge is 0.238 e. The molecule has 0 saturated heterocycles. The van der Waals surface area contributed by atoms with Crippen molar-refractivity contribution in [3.63, 3.8) is 0 Å². The number of aromatic nitrogens is 4. The maximum absolute atomic E-state index is 6.85. The Hall–Kier alpha value is -3.78. The van der Waals surface area contributed by atoms with Gasteiger partial charge in [-0.15, -0.1) is 10.2 Å². The van der Waals surface area contributed by atoms with E-state index >= 15 is 0 Å². The molecule has 0 atom stereocenters. The monoisotopic (exact) mass is 467 g/mol. The van der Waals surface area contributed by atoms with E-state index in [1.165, 1.54) is 23.1 Å². The summed E-state index contributed by atoms with van der Waals surface area (Å²) >= 11 is 0. The van der Waals surface area contributed by atoms with E-state index in [-0.39, 0.29) is 0 Å². The Morgan fingerprint density at radius 2 is 1.40 bits per heavy atom. The van der Waals surface area contributed by atoms with Crippen molar-refractivity contribution in [2.24, 2.45) is 11.8 Å². The van der Waals surface area contributed by atoms with Crippen LogP contribution in [-0.2, 0) is 19.3 Å². The highest BCUT2D eigenvalue weighted by Gasteiger charge is 2.01. The van der Waals surface area contributed by atoms with E-state index in [1.807, 2.05) is 30.3 Å². The second-order valence-electron chi connectivity index (χ2n) is 9.25. The van der Waals surface area contributed by atoms with Crippen LogP contribution >= 0.6 is 0 Å². The molecule has 5 nitrogen and oxygen atoms in total. The van der Waals surface area contributed by atoms with Crippen LogP contribution in [0.15, 0.2) is 78.9 Å². The number of tetrazole rings is 1. The molecular formula is C30H37N5. The molecule has 0 fully saturated rings. The third-order valence-corrected chi connectivity index (χ3v) is 5.14. The minimum absolute atomic E-state index is 0.641. The summed E-state index contributed by atoms with van der Waals surface area (Å²) in [6.45, 7) is 17.8. The Labute approximate surface area is 210 Å². The van der Waals surface area contributed by atoms with E-state index in [4.69, 9.17) is 6.57 Å². The number of hydrogen-bond donors (Lipinski definition) is 1. The molecule has 5 heteroatoms. The second kappa shape index (κ2) is 15.2. The maximum Gasteiger partial charge on any atom is 0.204 e. The van der Waals surface area contributed by atoms with Gasteiger partial charge in [-0.05, 0) is 47.4 Å². The number of benzene rings is 3. The van der Waals surface area contributed by atoms with E-state index in [0.29, 0.717) is 11.7 Å². The number of nitrogens with one attached hydrogen (secondary N) is 1. The molecule has 0 aliphatic rings. The fraction of sp³-hybridized carbons (Fsp3) is 0.333. The highest BCUT2D eigenvalue weighted by molar-refractivity contribution is 5.54.